The summed E-state index contributed by atoms with van der Waals surface area (Å²) in [6.45, 7) is 3.73. The molecule has 2 atom stereocenters. The molecule has 2 rings (SSSR count). The van der Waals surface area contributed by atoms with E-state index in [1.165, 1.54) is 24.3 Å². The zero-order valence-corrected chi connectivity index (χ0v) is 15.9. The smallest absolute Gasteiger partial charge is 0.251 e. The third-order valence-electron chi connectivity index (χ3n) is 3.79. The van der Waals surface area contributed by atoms with E-state index in [1.54, 1.807) is 24.3 Å². The van der Waals surface area contributed by atoms with Gasteiger partial charge in [0.15, 0.2) is 0 Å². The van der Waals surface area contributed by atoms with E-state index in [0.717, 1.165) is 6.42 Å². The Labute approximate surface area is 160 Å². The van der Waals surface area contributed by atoms with E-state index in [4.69, 9.17) is 0 Å². The minimum atomic E-state index is -1.31. The Hall–Kier alpha value is -2.58. The monoisotopic (exact) mass is 391 g/mol. The van der Waals surface area contributed by atoms with Crippen molar-refractivity contribution in [1.29, 1.82) is 0 Å². The van der Waals surface area contributed by atoms with Gasteiger partial charge in [0.05, 0.1) is 11.4 Å². The number of halogens is 1. The summed E-state index contributed by atoms with van der Waals surface area (Å²) in [6.07, 6.45) is 0.865. The van der Waals surface area contributed by atoms with E-state index < -0.39 is 28.6 Å². The van der Waals surface area contributed by atoms with E-state index >= 15 is 0 Å². The molecule has 144 valence electrons. The molecule has 0 aliphatic carbocycles. The molecule has 0 saturated carbocycles. The fourth-order valence-corrected chi connectivity index (χ4v) is 3.12. The normalized spacial score (nSPS) is 12.9. The molecule has 0 heterocycles. The molecule has 0 aromatic heterocycles. The Morgan fingerprint density at radius 1 is 1.07 bits per heavy atom. The van der Waals surface area contributed by atoms with E-state index in [1.807, 2.05) is 13.8 Å². The summed E-state index contributed by atoms with van der Waals surface area (Å²) < 4.78 is 27.9. The topological polar surface area (TPSA) is 87.3 Å². The molecule has 2 aromatic rings. The zero-order chi connectivity index (χ0) is 19.8. The molecule has 2 amide bonds. The molecular weight excluding hydrogens is 369 g/mol. The van der Waals surface area contributed by atoms with Crippen molar-refractivity contribution in [2.24, 2.45) is 0 Å². The first kappa shape index (κ1) is 20.7. The van der Waals surface area contributed by atoms with Crippen molar-refractivity contribution in [2.75, 3.05) is 11.9 Å². The number of hydrogen-bond donors (Lipinski definition) is 3. The third kappa shape index (κ3) is 6.58. The van der Waals surface area contributed by atoms with Crippen molar-refractivity contribution in [2.45, 2.75) is 31.2 Å². The molecule has 27 heavy (non-hydrogen) atoms. The van der Waals surface area contributed by atoms with Crippen molar-refractivity contribution in [3.63, 3.8) is 0 Å². The van der Waals surface area contributed by atoms with Crippen LogP contribution in [-0.4, -0.2) is 28.6 Å². The van der Waals surface area contributed by atoms with Gasteiger partial charge in [0.25, 0.3) is 5.91 Å². The summed E-state index contributed by atoms with van der Waals surface area (Å²) in [4.78, 5) is 24.4. The summed E-state index contributed by atoms with van der Waals surface area (Å²) >= 11 is 0. The highest BCUT2D eigenvalue weighted by molar-refractivity contribution is 7.83. The molecule has 6 nitrogen and oxygen atoms in total. The highest BCUT2D eigenvalue weighted by Gasteiger charge is 2.10. The minimum Gasteiger partial charge on any atom is -0.343 e. The number of anilines is 1. The fraction of sp³-hybridized carbons (Fsp3) is 0.263. The van der Waals surface area contributed by atoms with Gasteiger partial charge < -0.3 is 10.6 Å². The highest BCUT2D eigenvalue weighted by atomic mass is 32.2. The van der Waals surface area contributed by atoms with E-state index in [9.17, 15) is 18.2 Å². The predicted octanol–water partition coefficient (Wildman–Crippen LogP) is 2.60. The third-order valence-corrected chi connectivity index (χ3v) is 5.11. The Morgan fingerprint density at radius 2 is 1.70 bits per heavy atom. The molecule has 3 N–H and O–H groups in total. The number of carbonyl (C=O) groups excluding carboxylic acids is 2. The van der Waals surface area contributed by atoms with Crippen LogP contribution in [0.1, 0.15) is 30.6 Å². The first-order valence-electron chi connectivity index (χ1n) is 8.50. The molecule has 0 radical (unpaired) electrons. The maximum Gasteiger partial charge on any atom is 0.251 e. The van der Waals surface area contributed by atoms with Gasteiger partial charge in [-0.05, 0) is 61.9 Å². The summed E-state index contributed by atoms with van der Waals surface area (Å²) in [5, 5.41) is 5.11. The lowest BCUT2D eigenvalue weighted by atomic mass is 10.2. The second-order valence-electron chi connectivity index (χ2n) is 5.96. The molecule has 0 aliphatic heterocycles. The fourth-order valence-electron chi connectivity index (χ4n) is 2.07. The molecule has 2 unspecified atom stereocenters. The first-order chi connectivity index (χ1) is 12.9. The van der Waals surface area contributed by atoms with Gasteiger partial charge in [0.1, 0.15) is 16.8 Å². The number of nitrogens with one attached hydrogen (secondary N) is 3. The number of carbonyl (C=O) groups is 2. The Kier molecular flexibility index (Phi) is 7.63. The van der Waals surface area contributed by atoms with Gasteiger partial charge in [0, 0.05) is 17.3 Å². The average Bonchev–Trinajstić information content (AvgIpc) is 2.67. The lowest BCUT2D eigenvalue weighted by Gasteiger charge is -2.11. The molecule has 0 bridgehead atoms. The lowest BCUT2D eigenvalue weighted by Crippen LogP contribution is -2.32. The van der Waals surface area contributed by atoms with Crippen LogP contribution >= 0.6 is 0 Å². The van der Waals surface area contributed by atoms with Gasteiger partial charge in [-0.25, -0.2) is 13.3 Å². The number of hydrogen-bond acceptors (Lipinski definition) is 3. The van der Waals surface area contributed by atoms with Crippen molar-refractivity contribution in [3.05, 3.63) is 59.9 Å². The second-order valence-corrected chi connectivity index (χ2v) is 7.20. The summed E-state index contributed by atoms with van der Waals surface area (Å²) in [5.41, 5.74) is 0.796. The van der Waals surface area contributed by atoms with E-state index in [0.29, 0.717) is 10.6 Å². The first-order valence-corrected chi connectivity index (χ1v) is 9.65. The van der Waals surface area contributed by atoms with Crippen LogP contribution in [-0.2, 0) is 15.8 Å². The van der Waals surface area contributed by atoms with Crippen LogP contribution in [0.3, 0.4) is 0 Å². The van der Waals surface area contributed by atoms with Crippen LogP contribution < -0.4 is 15.4 Å². The van der Waals surface area contributed by atoms with Crippen LogP contribution in [0.15, 0.2) is 53.4 Å². The van der Waals surface area contributed by atoms with Gasteiger partial charge in [-0.15, -0.1) is 0 Å². The maximum atomic E-state index is 12.8. The summed E-state index contributed by atoms with van der Waals surface area (Å²) in [7, 11) is -1.31. The molecule has 8 heteroatoms. The van der Waals surface area contributed by atoms with E-state index in [2.05, 4.69) is 15.4 Å². The average molecular weight is 391 g/mol. The molecule has 0 fully saturated rings. The Morgan fingerprint density at radius 3 is 2.30 bits per heavy atom. The SMILES string of the molecule is CCC(C)NS(=O)c1ccc(NC(=O)CNC(=O)c2ccc(F)cc2)cc1. The van der Waals surface area contributed by atoms with Crippen LogP contribution in [0.2, 0.25) is 0 Å². The quantitative estimate of drug-likeness (QED) is 0.646. The van der Waals surface area contributed by atoms with Crippen LogP contribution in [0.25, 0.3) is 0 Å². The van der Waals surface area contributed by atoms with Gasteiger partial charge in [-0.3, -0.25) is 9.59 Å². The Balaban J connectivity index is 1.84. The van der Waals surface area contributed by atoms with Crippen molar-refractivity contribution in [1.82, 2.24) is 10.0 Å². The largest absolute Gasteiger partial charge is 0.343 e. The van der Waals surface area contributed by atoms with Crippen molar-refractivity contribution >= 4 is 28.5 Å². The minimum absolute atomic E-state index is 0.134. The number of benzene rings is 2. The summed E-state index contributed by atoms with van der Waals surface area (Å²) in [5.74, 6) is -1.31. The van der Waals surface area contributed by atoms with Crippen molar-refractivity contribution < 1.29 is 18.2 Å². The number of amides is 2. The van der Waals surface area contributed by atoms with Crippen LogP contribution in [0, 0.1) is 5.82 Å². The zero-order valence-electron chi connectivity index (χ0n) is 15.1. The molecule has 0 aliphatic rings. The van der Waals surface area contributed by atoms with Gasteiger partial charge >= 0.3 is 0 Å². The lowest BCUT2D eigenvalue weighted by molar-refractivity contribution is -0.115. The molecule has 0 spiro atoms. The van der Waals surface area contributed by atoms with Gasteiger partial charge in [0.2, 0.25) is 5.91 Å². The second kappa shape index (κ2) is 9.94. The van der Waals surface area contributed by atoms with Gasteiger partial charge in [-0.2, -0.15) is 0 Å². The van der Waals surface area contributed by atoms with Crippen LogP contribution in [0.4, 0.5) is 10.1 Å². The van der Waals surface area contributed by atoms with Crippen molar-refractivity contribution in [3.8, 4) is 0 Å². The van der Waals surface area contributed by atoms with Gasteiger partial charge in [-0.1, -0.05) is 6.92 Å². The highest BCUT2D eigenvalue weighted by Crippen LogP contribution is 2.12. The number of rotatable bonds is 8. The van der Waals surface area contributed by atoms with E-state index in [-0.39, 0.29) is 18.2 Å². The molecule has 0 saturated heterocycles. The Bertz CT molecular complexity index is 810. The standard InChI is InChI=1S/C19H22FN3O3S/c1-3-13(2)23-27(26)17-10-8-16(9-11-17)22-18(24)12-21-19(25)14-4-6-15(20)7-5-14/h4-11,13,23H,3,12H2,1-2H3,(H,21,25)(H,22,24). The predicted molar refractivity (Wildman–Crippen MR) is 103 cm³/mol. The molecule has 2 aromatic carbocycles. The summed E-state index contributed by atoms with van der Waals surface area (Å²) in [6, 6.07) is 11.8. The maximum absolute atomic E-state index is 12.8. The van der Waals surface area contributed by atoms with Crippen LogP contribution in [0.5, 0.6) is 0 Å². The molecular formula is C19H22FN3O3S.